The van der Waals surface area contributed by atoms with Crippen LogP contribution in [0.5, 0.6) is 5.75 Å². The van der Waals surface area contributed by atoms with Crippen LogP contribution in [-0.2, 0) is 0 Å². The van der Waals surface area contributed by atoms with Crippen molar-refractivity contribution in [1.82, 2.24) is 4.98 Å². The maximum absolute atomic E-state index is 12.2. The first kappa shape index (κ1) is 16.3. The molecule has 24 heavy (non-hydrogen) atoms. The van der Waals surface area contributed by atoms with Crippen molar-refractivity contribution in [2.24, 2.45) is 0 Å². The number of furan rings is 1. The van der Waals surface area contributed by atoms with E-state index < -0.39 is 0 Å². The molecule has 1 amide bonds. The minimum absolute atomic E-state index is 0.288. The van der Waals surface area contributed by atoms with E-state index in [1.54, 1.807) is 6.07 Å². The van der Waals surface area contributed by atoms with Gasteiger partial charge in [-0.05, 0) is 51.1 Å². The van der Waals surface area contributed by atoms with Crippen LogP contribution in [0.15, 0.2) is 41.0 Å². The summed E-state index contributed by atoms with van der Waals surface area (Å²) in [5.74, 6) is 0.853. The van der Waals surface area contributed by atoms with E-state index in [0.717, 1.165) is 27.4 Å². The number of rotatable bonds is 5. The zero-order valence-corrected chi connectivity index (χ0v) is 14.6. The van der Waals surface area contributed by atoms with Gasteiger partial charge in [-0.25, -0.2) is 4.98 Å². The highest BCUT2D eigenvalue weighted by molar-refractivity contribution is 7.16. The Morgan fingerprint density at radius 3 is 2.62 bits per heavy atom. The van der Waals surface area contributed by atoms with Crippen LogP contribution in [0.4, 0.5) is 5.13 Å². The van der Waals surface area contributed by atoms with Gasteiger partial charge < -0.3 is 9.15 Å². The summed E-state index contributed by atoms with van der Waals surface area (Å²) >= 11 is 1.44. The Morgan fingerprint density at radius 1 is 1.25 bits per heavy atom. The lowest BCUT2D eigenvalue weighted by Gasteiger charge is -2.04. The summed E-state index contributed by atoms with van der Waals surface area (Å²) in [6, 6.07) is 9.53. The number of anilines is 1. The van der Waals surface area contributed by atoms with Gasteiger partial charge in [0, 0.05) is 16.0 Å². The topological polar surface area (TPSA) is 64.4 Å². The van der Waals surface area contributed by atoms with Crippen molar-refractivity contribution in [3.8, 4) is 17.0 Å². The average Bonchev–Trinajstić information content (AvgIpc) is 3.14. The van der Waals surface area contributed by atoms with Gasteiger partial charge in [0.15, 0.2) is 10.9 Å². The van der Waals surface area contributed by atoms with E-state index in [1.807, 2.05) is 45.0 Å². The molecule has 5 nitrogen and oxygen atoms in total. The molecule has 0 aliphatic heterocycles. The van der Waals surface area contributed by atoms with E-state index in [-0.39, 0.29) is 5.91 Å². The van der Waals surface area contributed by atoms with E-state index in [2.05, 4.69) is 10.3 Å². The standard InChI is InChI=1S/C18H18N2O3S/c1-4-22-14-7-5-13(6-8-14)15-12(3)24-18(19-15)20-17(21)16-11(2)9-10-23-16/h5-10H,4H2,1-3H3,(H,19,20,21). The molecule has 2 aromatic heterocycles. The summed E-state index contributed by atoms with van der Waals surface area (Å²) in [6.45, 7) is 6.40. The van der Waals surface area contributed by atoms with E-state index >= 15 is 0 Å². The molecule has 124 valence electrons. The predicted octanol–water partition coefficient (Wildman–Crippen LogP) is 4.67. The Morgan fingerprint density at radius 2 is 2.00 bits per heavy atom. The molecule has 0 unspecified atom stereocenters. The zero-order valence-electron chi connectivity index (χ0n) is 13.8. The highest BCUT2D eigenvalue weighted by Crippen LogP contribution is 2.31. The third kappa shape index (κ3) is 3.33. The van der Waals surface area contributed by atoms with E-state index in [0.29, 0.717) is 17.5 Å². The van der Waals surface area contributed by atoms with Gasteiger partial charge >= 0.3 is 0 Å². The van der Waals surface area contributed by atoms with Crippen LogP contribution in [-0.4, -0.2) is 17.5 Å². The normalized spacial score (nSPS) is 10.6. The van der Waals surface area contributed by atoms with Crippen molar-refractivity contribution in [2.45, 2.75) is 20.8 Å². The molecule has 0 aliphatic rings. The van der Waals surface area contributed by atoms with Crippen molar-refractivity contribution in [3.05, 3.63) is 52.8 Å². The number of nitrogens with one attached hydrogen (secondary N) is 1. The first-order valence-electron chi connectivity index (χ1n) is 7.64. The van der Waals surface area contributed by atoms with E-state index in [1.165, 1.54) is 17.6 Å². The van der Waals surface area contributed by atoms with Crippen LogP contribution in [0.2, 0.25) is 0 Å². The van der Waals surface area contributed by atoms with Crippen LogP contribution in [0.3, 0.4) is 0 Å². The molecule has 0 atom stereocenters. The van der Waals surface area contributed by atoms with Crippen molar-refractivity contribution in [1.29, 1.82) is 0 Å². The van der Waals surface area contributed by atoms with Crippen molar-refractivity contribution in [2.75, 3.05) is 11.9 Å². The van der Waals surface area contributed by atoms with Crippen LogP contribution in [0.1, 0.15) is 27.9 Å². The van der Waals surface area contributed by atoms with Gasteiger partial charge in [0.1, 0.15) is 5.75 Å². The molecule has 6 heteroatoms. The minimum Gasteiger partial charge on any atom is -0.494 e. The lowest BCUT2D eigenvalue weighted by molar-refractivity contribution is 0.0996. The van der Waals surface area contributed by atoms with Gasteiger partial charge in [-0.2, -0.15) is 0 Å². The minimum atomic E-state index is -0.288. The summed E-state index contributed by atoms with van der Waals surface area (Å²) in [6.07, 6.45) is 1.50. The maximum atomic E-state index is 12.2. The van der Waals surface area contributed by atoms with Gasteiger partial charge in [-0.3, -0.25) is 10.1 Å². The molecule has 2 heterocycles. The molecule has 0 aliphatic carbocycles. The van der Waals surface area contributed by atoms with Gasteiger partial charge in [-0.1, -0.05) is 0 Å². The Balaban J connectivity index is 1.80. The number of carbonyl (C=O) groups excluding carboxylic acids is 1. The second kappa shape index (κ2) is 6.88. The number of thiazole rings is 1. The molecule has 0 fully saturated rings. The molecular weight excluding hydrogens is 324 g/mol. The summed E-state index contributed by atoms with van der Waals surface area (Å²) in [5.41, 5.74) is 2.64. The highest BCUT2D eigenvalue weighted by atomic mass is 32.1. The number of benzene rings is 1. The lowest BCUT2D eigenvalue weighted by atomic mass is 10.1. The Labute approximate surface area is 144 Å². The number of ether oxygens (including phenoxy) is 1. The molecule has 3 aromatic rings. The van der Waals surface area contributed by atoms with Crippen molar-refractivity contribution >= 4 is 22.4 Å². The first-order valence-corrected chi connectivity index (χ1v) is 8.46. The quantitative estimate of drug-likeness (QED) is 0.732. The molecule has 0 saturated heterocycles. The number of hydrogen-bond acceptors (Lipinski definition) is 5. The number of amides is 1. The lowest BCUT2D eigenvalue weighted by Crippen LogP contribution is -2.11. The van der Waals surface area contributed by atoms with Crippen LogP contribution in [0.25, 0.3) is 11.3 Å². The fourth-order valence-electron chi connectivity index (χ4n) is 2.35. The van der Waals surface area contributed by atoms with Gasteiger partial charge in [0.05, 0.1) is 18.6 Å². The smallest absolute Gasteiger partial charge is 0.293 e. The SMILES string of the molecule is CCOc1ccc(-c2nc(NC(=O)c3occc3C)sc2C)cc1. The number of hydrogen-bond donors (Lipinski definition) is 1. The summed E-state index contributed by atoms with van der Waals surface area (Å²) in [5, 5.41) is 3.35. The molecule has 0 saturated carbocycles. The second-order valence-electron chi connectivity index (χ2n) is 5.27. The fraction of sp³-hybridized carbons (Fsp3) is 0.222. The second-order valence-corrected chi connectivity index (χ2v) is 6.47. The maximum Gasteiger partial charge on any atom is 0.293 e. The third-order valence-corrected chi connectivity index (χ3v) is 4.41. The van der Waals surface area contributed by atoms with E-state index in [4.69, 9.17) is 9.15 Å². The Hall–Kier alpha value is -2.60. The van der Waals surface area contributed by atoms with Crippen LogP contribution >= 0.6 is 11.3 Å². The molecule has 1 aromatic carbocycles. The molecule has 0 spiro atoms. The Kier molecular flexibility index (Phi) is 4.66. The van der Waals surface area contributed by atoms with Crippen molar-refractivity contribution in [3.63, 3.8) is 0 Å². The van der Waals surface area contributed by atoms with Gasteiger partial charge in [-0.15, -0.1) is 11.3 Å². The molecular formula is C18H18N2O3S. The average molecular weight is 342 g/mol. The molecule has 1 N–H and O–H groups in total. The number of aromatic nitrogens is 1. The number of nitrogens with zero attached hydrogens (tertiary/aromatic N) is 1. The van der Waals surface area contributed by atoms with E-state index in [9.17, 15) is 4.79 Å². The monoisotopic (exact) mass is 342 g/mol. The van der Waals surface area contributed by atoms with Gasteiger partial charge in [0.2, 0.25) is 0 Å². The molecule has 0 radical (unpaired) electrons. The van der Waals surface area contributed by atoms with Crippen molar-refractivity contribution < 1.29 is 13.9 Å². The summed E-state index contributed by atoms with van der Waals surface area (Å²) in [4.78, 5) is 17.8. The van der Waals surface area contributed by atoms with Gasteiger partial charge in [0.25, 0.3) is 5.91 Å². The number of carbonyl (C=O) groups is 1. The molecule has 3 rings (SSSR count). The number of aryl methyl sites for hydroxylation is 2. The highest BCUT2D eigenvalue weighted by Gasteiger charge is 2.16. The first-order chi connectivity index (χ1) is 11.6. The summed E-state index contributed by atoms with van der Waals surface area (Å²) < 4.78 is 10.7. The summed E-state index contributed by atoms with van der Waals surface area (Å²) in [7, 11) is 0. The Bertz CT molecular complexity index is 850. The fourth-order valence-corrected chi connectivity index (χ4v) is 3.18. The van der Waals surface area contributed by atoms with Crippen LogP contribution < -0.4 is 10.1 Å². The van der Waals surface area contributed by atoms with Crippen LogP contribution in [0, 0.1) is 13.8 Å². The largest absolute Gasteiger partial charge is 0.494 e. The zero-order chi connectivity index (χ0) is 17.1. The molecule has 0 bridgehead atoms. The third-order valence-electron chi connectivity index (χ3n) is 3.52. The predicted molar refractivity (Wildman–Crippen MR) is 94.9 cm³/mol.